The number of hydrogen-bond acceptors (Lipinski definition) is 4. The molecule has 1 fully saturated rings. The third-order valence-electron chi connectivity index (χ3n) is 5.83. The van der Waals surface area contributed by atoms with Gasteiger partial charge in [0.15, 0.2) is 11.5 Å². The number of nitrogens with zero attached hydrogens (tertiary/aromatic N) is 1. The summed E-state index contributed by atoms with van der Waals surface area (Å²) in [5, 5.41) is 3.13. The van der Waals surface area contributed by atoms with E-state index in [2.05, 4.69) is 22.3 Å². The topological polar surface area (TPSA) is 50.8 Å². The van der Waals surface area contributed by atoms with Gasteiger partial charge in [-0.15, -0.1) is 12.4 Å². The average Bonchev–Trinajstić information content (AvgIpc) is 2.73. The maximum absolute atomic E-state index is 13.1. The Balaban J connectivity index is 0.00000240. The van der Waals surface area contributed by atoms with Gasteiger partial charge in [0, 0.05) is 30.7 Å². The van der Waals surface area contributed by atoms with Crippen molar-refractivity contribution in [2.24, 2.45) is 0 Å². The number of halogens is 2. The van der Waals surface area contributed by atoms with E-state index in [0.29, 0.717) is 5.56 Å². The van der Waals surface area contributed by atoms with Crippen molar-refractivity contribution in [2.75, 3.05) is 27.3 Å². The Labute approximate surface area is 176 Å². The highest BCUT2D eigenvalue weighted by Gasteiger charge is 2.35. The fourth-order valence-electron chi connectivity index (χ4n) is 4.33. The lowest BCUT2D eigenvalue weighted by atomic mass is 9.84. The van der Waals surface area contributed by atoms with E-state index < -0.39 is 0 Å². The smallest absolute Gasteiger partial charge is 0.251 e. The van der Waals surface area contributed by atoms with Crippen molar-refractivity contribution < 1.29 is 18.7 Å². The van der Waals surface area contributed by atoms with Crippen LogP contribution in [0.3, 0.4) is 0 Å². The summed E-state index contributed by atoms with van der Waals surface area (Å²) in [6, 6.07) is 10.2. The molecular formula is C22H26ClFN2O3. The molecule has 2 aromatic carbocycles. The number of carbonyl (C=O) groups is 1. The average molecular weight is 421 g/mol. The molecule has 1 amide bonds. The van der Waals surface area contributed by atoms with Crippen LogP contribution in [0.4, 0.5) is 4.39 Å². The molecule has 0 aromatic heterocycles. The van der Waals surface area contributed by atoms with E-state index in [1.807, 2.05) is 0 Å². The van der Waals surface area contributed by atoms with E-state index >= 15 is 0 Å². The Morgan fingerprint density at radius 1 is 1.10 bits per heavy atom. The summed E-state index contributed by atoms with van der Waals surface area (Å²) >= 11 is 0. The minimum atomic E-state index is -0.340. The number of benzene rings is 2. The summed E-state index contributed by atoms with van der Waals surface area (Å²) in [7, 11) is 3.30. The molecule has 0 radical (unpaired) electrons. The van der Waals surface area contributed by atoms with Crippen LogP contribution in [0.5, 0.6) is 11.5 Å². The zero-order chi connectivity index (χ0) is 19.7. The monoisotopic (exact) mass is 420 g/mol. The lowest BCUT2D eigenvalue weighted by Crippen LogP contribution is -2.48. The lowest BCUT2D eigenvalue weighted by molar-refractivity contribution is 0.0843. The number of hydrogen-bond donors (Lipinski definition) is 1. The highest BCUT2D eigenvalue weighted by molar-refractivity contribution is 5.94. The van der Waals surface area contributed by atoms with Crippen molar-refractivity contribution in [3.8, 4) is 11.5 Å². The highest BCUT2D eigenvalue weighted by Crippen LogP contribution is 2.41. The summed E-state index contributed by atoms with van der Waals surface area (Å²) in [6.45, 7) is 1.94. The minimum absolute atomic E-state index is 0. The molecule has 0 aliphatic carbocycles. The van der Waals surface area contributed by atoms with Crippen LogP contribution in [0.1, 0.15) is 40.4 Å². The normalized spacial score (nSPS) is 20.7. The number of nitrogens with one attached hydrogen (secondary N) is 1. The molecule has 1 saturated heterocycles. The van der Waals surface area contributed by atoms with Crippen LogP contribution < -0.4 is 14.8 Å². The van der Waals surface area contributed by atoms with Crippen molar-refractivity contribution >= 4 is 18.3 Å². The standard InChI is InChI=1S/C22H25FN2O3.ClH/c1-27-20-11-15-7-9-25-10-8-17(12-19(25)18(15)13-21(20)28-2)24-22(26)14-3-5-16(23)6-4-14;/h3-6,11,13,17,19H,7-10,12H2,1-2H3,(H,24,26);1H. The zero-order valence-corrected chi connectivity index (χ0v) is 17.4. The molecule has 2 aliphatic rings. The third-order valence-corrected chi connectivity index (χ3v) is 5.83. The first-order chi connectivity index (χ1) is 13.6. The van der Waals surface area contributed by atoms with E-state index in [1.165, 1.54) is 35.4 Å². The SMILES string of the molecule is COc1cc2c(cc1OC)C1CC(NC(=O)c3ccc(F)cc3)CCN1CC2.Cl. The molecule has 7 heteroatoms. The minimum Gasteiger partial charge on any atom is -0.493 e. The van der Waals surface area contributed by atoms with Crippen LogP contribution in [0, 0.1) is 5.82 Å². The van der Waals surface area contributed by atoms with Gasteiger partial charge >= 0.3 is 0 Å². The van der Waals surface area contributed by atoms with Crippen molar-refractivity contribution in [1.82, 2.24) is 10.2 Å². The first kappa shape index (κ1) is 21.4. The van der Waals surface area contributed by atoms with Gasteiger partial charge in [0.05, 0.1) is 14.2 Å². The first-order valence-electron chi connectivity index (χ1n) is 9.64. The van der Waals surface area contributed by atoms with Crippen LogP contribution in [0.25, 0.3) is 0 Å². The molecule has 2 atom stereocenters. The Bertz CT molecular complexity index is 875. The van der Waals surface area contributed by atoms with E-state index in [4.69, 9.17) is 9.47 Å². The summed E-state index contributed by atoms with van der Waals surface area (Å²) in [5.74, 6) is 1.00. The Morgan fingerprint density at radius 3 is 2.48 bits per heavy atom. The second kappa shape index (κ2) is 9.01. The lowest BCUT2D eigenvalue weighted by Gasteiger charge is -2.43. The van der Waals surface area contributed by atoms with E-state index in [1.54, 1.807) is 14.2 Å². The Kier molecular flexibility index (Phi) is 6.65. The largest absolute Gasteiger partial charge is 0.493 e. The van der Waals surface area contributed by atoms with Crippen LogP contribution >= 0.6 is 12.4 Å². The highest BCUT2D eigenvalue weighted by atomic mass is 35.5. The van der Waals surface area contributed by atoms with Crippen LogP contribution in [-0.4, -0.2) is 44.2 Å². The summed E-state index contributed by atoms with van der Waals surface area (Å²) in [5.41, 5.74) is 3.02. The number of rotatable bonds is 4. The quantitative estimate of drug-likeness (QED) is 0.818. The Hall–Kier alpha value is -2.31. The fourth-order valence-corrected chi connectivity index (χ4v) is 4.33. The Morgan fingerprint density at radius 2 is 1.79 bits per heavy atom. The predicted octanol–water partition coefficient (Wildman–Crippen LogP) is 3.76. The number of piperidine rings is 1. The maximum Gasteiger partial charge on any atom is 0.251 e. The number of fused-ring (bicyclic) bond motifs is 3. The summed E-state index contributed by atoms with van der Waals surface area (Å²) in [6.07, 6.45) is 2.74. The van der Waals surface area contributed by atoms with Crippen LogP contribution in [-0.2, 0) is 6.42 Å². The summed E-state index contributed by atoms with van der Waals surface area (Å²) in [4.78, 5) is 15.0. The van der Waals surface area contributed by atoms with Gasteiger partial charge in [0.2, 0.25) is 0 Å². The number of methoxy groups -OCH3 is 2. The number of ether oxygens (including phenoxy) is 2. The van der Waals surface area contributed by atoms with Gasteiger partial charge in [-0.05, 0) is 66.8 Å². The second-order valence-corrected chi connectivity index (χ2v) is 7.41. The second-order valence-electron chi connectivity index (χ2n) is 7.41. The van der Waals surface area contributed by atoms with Gasteiger partial charge in [-0.3, -0.25) is 9.69 Å². The van der Waals surface area contributed by atoms with Crippen molar-refractivity contribution in [2.45, 2.75) is 31.3 Å². The van der Waals surface area contributed by atoms with Crippen LogP contribution in [0.15, 0.2) is 36.4 Å². The van der Waals surface area contributed by atoms with Crippen molar-refractivity contribution in [3.63, 3.8) is 0 Å². The van der Waals surface area contributed by atoms with Gasteiger partial charge in [0.25, 0.3) is 5.91 Å². The molecule has 2 aromatic rings. The van der Waals surface area contributed by atoms with Gasteiger partial charge in [-0.1, -0.05) is 0 Å². The van der Waals surface area contributed by atoms with Crippen LogP contribution in [0.2, 0.25) is 0 Å². The molecule has 4 rings (SSSR count). The third kappa shape index (κ3) is 4.33. The molecule has 0 spiro atoms. The van der Waals surface area contributed by atoms with Gasteiger partial charge in [-0.2, -0.15) is 0 Å². The molecule has 0 saturated carbocycles. The van der Waals surface area contributed by atoms with Gasteiger partial charge in [0.1, 0.15) is 5.82 Å². The first-order valence-corrected chi connectivity index (χ1v) is 9.64. The molecular weight excluding hydrogens is 395 g/mol. The van der Waals surface area contributed by atoms with E-state index in [-0.39, 0.29) is 36.2 Å². The number of amides is 1. The zero-order valence-electron chi connectivity index (χ0n) is 16.6. The molecule has 1 N–H and O–H groups in total. The fraction of sp³-hybridized carbons (Fsp3) is 0.409. The molecule has 156 valence electrons. The molecule has 5 nitrogen and oxygen atoms in total. The summed E-state index contributed by atoms with van der Waals surface area (Å²) < 4.78 is 24.0. The maximum atomic E-state index is 13.1. The van der Waals surface area contributed by atoms with E-state index in [0.717, 1.165) is 43.9 Å². The van der Waals surface area contributed by atoms with Gasteiger partial charge in [-0.25, -0.2) is 4.39 Å². The number of carbonyl (C=O) groups excluding carboxylic acids is 1. The van der Waals surface area contributed by atoms with Crippen molar-refractivity contribution in [3.05, 3.63) is 58.9 Å². The van der Waals surface area contributed by atoms with E-state index in [9.17, 15) is 9.18 Å². The molecule has 2 heterocycles. The van der Waals surface area contributed by atoms with Crippen molar-refractivity contribution in [1.29, 1.82) is 0 Å². The molecule has 2 unspecified atom stereocenters. The molecule has 0 bridgehead atoms. The van der Waals surface area contributed by atoms with Gasteiger partial charge < -0.3 is 14.8 Å². The molecule has 2 aliphatic heterocycles. The molecule has 29 heavy (non-hydrogen) atoms. The predicted molar refractivity (Wildman–Crippen MR) is 112 cm³/mol.